The predicted octanol–water partition coefficient (Wildman–Crippen LogP) is 2.49. The van der Waals surface area contributed by atoms with E-state index in [2.05, 4.69) is 10.6 Å². The highest BCUT2D eigenvalue weighted by Crippen LogP contribution is 2.46. The normalized spacial score (nSPS) is 27.0. The van der Waals surface area contributed by atoms with E-state index in [1.54, 1.807) is 0 Å². The predicted molar refractivity (Wildman–Crippen MR) is 80.6 cm³/mol. The minimum Gasteiger partial charge on any atom is -0.326 e. The molecule has 0 aromatic heterocycles. The van der Waals surface area contributed by atoms with Crippen molar-refractivity contribution in [3.8, 4) is 0 Å². The van der Waals surface area contributed by atoms with Gasteiger partial charge < -0.3 is 16.4 Å². The minimum absolute atomic E-state index is 0.0118. The quantitative estimate of drug-likeness (QED) is 0.799. The number of carbonyl (C=O) groups is 1. The van der Waals surface area contributed by atoms with E-state index in [1.165, 1.54) is 6.07 Å². The summed E-state index contributed by atoms with van der Waals surface area (Å²) in [5.41, 5.74) is 4.71. The molecule has 126 valence electrons. The van der Waals surface area contributed by atoms with Crippen molar-refractivity contribution in [3.05, 3.63) is 29.3 Å². The number of alkyl halides is 3. The average molecular weight is 327 g/mol. The molecule has 1 aliphatic heterocycles. The van der Waals surface area contributed by atoms with E-state index in [1.807, 2.05) is 0 Å². The molecule has 0 radical (unpaired) electrons. The van der Waals surface area contributed by atoms with Crippen LogP contribution in [0.4, 0.5) is 18.9 Å². The summed E-state index contributed by atoms with van der Waals surface area (Å²) in [6, 6.07) is 3.50. The number of nitrogens with one attached hydrogen (secondary N) is 2. The molecule has 0 unspecified atom stereocenters. The first-order chi connectivity index (χ1) is 10.8. The van der Waals surface area contributed by atoms with Gasteiger partial charge in [0.2, 0.25) is 5.91 Å². The molecule has 2 atom stereocenters. The molecule has 1 aliphatic carbocycles. The van der Waals surface area contributed by atoms with Crippen LogP contribution in [0, 0.1) is 11.3 Å². The van der Waals surface area contributed by atoms with Crippen LogP contribution in [0.2, 0.25) is 0 Å². The van der Waals surface area contributed by atoms with Crippen molar-refractivity contribution in [2.24, 2.45) is 17.1 Å². The maximum absolute atomic E-state index is 13.0. The Bertz CT molecular complexity index is 605. The van der Waals surface area contributed by atoms with Gasteiger partial charge in [-0.25, -0.2) is 0 Å². The molecule has 4 N–H and O–H groups in total. The number of halogens is 3. The van der Waals surface area contributed by atoms with E-state index in [4.69, 9.17) is 5.73 Å². The molecule has 2 aliphatic rings. The van der Waals surface area contributed by atoms with Crippen LogP contribution in [-0.2, 0) is 17.5 Å². The Labute approximate surface area is 132 Å². The van der Waals surface area contributed by atoms with Crippen LogP contribution in [0.25, 0.3) is 0 Å². The fourth-order valence-corrected chi connectivity index (χ4v) is 3.82. The summed E-state index contributed by atoms with van der Waals surface area (Å²) in [6.45, 7) is 1.37. The van der Waals surface area contributed by atoms with Crippen LogP contribution in [0.15, 0.2) is 18.2 Å². The first kappa shape index (κ1) is 16.3. The van der Waals surface area contributed by atoms with Crippen molar-refractivity contribution in [2.45, 2.75) is 32.0 Å². The fraction of sp³-hybridized carbons (Fsp3) is 0.562. The molecule has 1 heterocycles. The molecule has 1 aromatic rings. The molecule has 4 nitrogen and oxygen atoms in total. The van der Waals surface area contributed by atoms with Gasteiger partial charge in [0.1, 0.15) is 0 Å². The third-order valence-electron chi connectivity index (χ3n) is 5.05. The van der Waals surface area contributed by atoms with Crippen molar-refractivity contribution in [1.29, 1.82) is 0 Å². The summed E-state index contributed by atoms with van der Waals surface area (Å²) < 4.78 is 38.9. The Morgan fingerprint density at radius 1 is 1.39 bits per heavy atom. The molecule has 3 rings (SSSR count). The second kappa shape index (κ2) is 5.79. The lowest BCUT2D eigenvalue weighted by Crippen LogP contribution is -2.39. The Kier molecular flexibility index (Phi) is 4.10. The molecule has 0 spiro atoms. The van der Waals surface area contributed by atoms with E-state index >= 15 is 0 Å². The van der Waals surface area contributed by atoms with Gasteiger partial charge in [-0.2, -0.15) is 13.2 Å². The highest BCUT2D eigenvalue weighted by Gasteiger charge is 2.51. The van der Waals surface area contributed by atoms with Crippen LogP contribution in [0.3, 0.4) is 0 Å². The number of hydrogen-bond acceptors (Lipinski definition) is 3. The summed E-state index contributed by atoms with van der Waals surface area (Å²) in [4.78, 5) is 12.7. The SMILES string of the molecule is NCc1cc(NC(=O)[C@@]23CCC[C@@H]2CNC3)cc(C(F)(F)F)c1. The minimum atomic E-state index is -4.46. The average Bonchev–Trinajstić information content (AvgIpc) is 3.06. The summed E-state index contributed by atoms with van der Waals surface area (Å²) in [6.07, 6.45) is -1.72. The largest absolute Gasteiger partial charge is 0.416 e. The van der Waals surface area contributed by atoms with E-state index in [-0.39, 0.29) is 24.1 Å². The number of benzene rings is 1. The molecule has 0 bridgehead atoms. The van der Waals surface area contributed by atoms with Crippen LogP contribution in [-0.4, -0.2) is 19.0 Å². The van der Waals surface area contributed by atoms with Gasteiger partial charge in [-0.15, -0.1) is 0 Å². The monoisotopic (exact) mass is 327 g/mol. The van der Waals surface area contributed by atoms with Gasteiger partial charge in [0.25, 0.3) is 0 Å². The third kappa shape index (κ3) is 2.95. The first-order valence-corrected chi connectivity index (χ1v) is 7.78. The number of nitrogens with two attached hydrogens (primary N) is 1. The smallest absolute Gasteiger partial charge is 0.326 e. The lowest BCUT2D eigenvalue weighted by Gasteiger charge is -2.27. The Morgan fingerprint density at radius 3 is 2.87 bits per heavy atom. The lowest BCUT2D eigenvalue weighted by atomic mass is 9.79. The van der Waals surface area contributed by atoms with Gasteiger partial charge in [-0.05, 0) is 49.1 Å². The zero-order valence-electron chi connectivity index (χ0n) is 12.7. The highest BCUT2D eigenvalue weighted by molar-refractivity contribution is 5.96. The van der Waals surface area contributed by atoms with Crippen LogP contribution in [0.1, 0.15) is 30.4 Å². The molecule has 1 saturated heterocycles. The number of hydrogen-bond donors (Lipinski definition) is 3. The summed E-state index contributed by atoms with van der Waals surface area (Å²) in [5, 5.41) is 5.93. The van der Waals surface area contributed by atoms with Crippen LogP contribution >= 0.6 is 0 Å². The van der Waals surface area contributed by atoms with E-state index in [0.717, 1.165) is 37.9 Å². The highest BCUT2D eigenvalue weighted by atomic mass is 19.4. The molecule has 1 aromatic carbocycles. The number of fused-ring (bicyclic) bond motifs is 1. The number of anilines is 1. The molecule has 2 fully saturated rings. The standard InChI is InChI=1S/C16H20F3N3O/c17-16(18,19)12-4-10(7-20)5-13(6-12)22-14(23)15-3-1-2-11(15)8-21-9-15/h4-6,11,21H,1-3,7-9,20H2,(H,22,23)/t11-,15-/m1/s1. The Hall–Kier alpha value is -1.60. The number of amides is 1. The third-order valence-corrected chi connectivity index (χ3v) is 5.05. The van der Waals surface area contributed by atoms with Crippen molar-refractivity contribution >= 4 is 11.6 Å². The molecular weight excluding hydrogens is 307 g/mol. The zero-order valence-corrected chi connectivity index (χ0v) is 12.7. The lowest BCUT2D eigenvalue weighted by molar-refractivity contribution is -0.137. The van der Waals surface area contributed by atoms with Gasteiger partial charge in [0.15, 0.2) is 0 Å². The topological polar surface area (TPSA) is 67.1 Å². The summed E-state index contributed by atoms with van der Waals surface area (Å²) in [7, 11) is 0. The fourth-order valence-electron chi connectivity index (χ4n) is 3.82. The maximum Gasteiger partial charge on any atom is 0.416 e. The summed E-state index contributed by atoms with van der Waals surface area (Å²) >= 11 is 0. The molecular formula is C16H20F3N3O. The number of carbonyl (C=O) groups excluding carboxylic acids is 1. The van der Waals surface area contributed by atoms with Crippen LogP contribution in [0.5, 0.6) is 0 Å². The van der Waals surface area contributed by atoms with Crippen molar-refractivity contribution < 1.29 is 18.0 Å². The van der Waals surface area contributed by atoms with E-state index in [0.29, 0.717) is 12.1 Å². The first-order valence-electron chi connectivity index (χ1n) is 7.78. The van der Waals surface area contributed by atoms with E-state index in [9.17, 15) is 18.0 Å². The molecule has 1 amide bonds. The van der Waals surface area contributed by atoms with Gasteiger partial charge >= 0.3 is 6.18 Å². The molecule has 1 saturated carbocycles. The van der Waals surface area contributed by atoms with Gasteiger partial charge in [-0.1, -0.05) is 6.42 Å². The second-order valence-corrected chi connectivity index (χ2v) is 6.45. The van der Waals surface area contributed by atoms with Crippen molar-refractivity contribution in [2.75, 3.05) is 18.4 Å². The Morgan fingerprint density at radius 2 is 2.17 bits per heavy atom. The molecule has 23 heavy (non-hydrogen) atoms. The second-order valence-electron chi connectivity index (χ2n) is 6.45. The maximum atomic E-state index is 13.0. The summed E-state index contributed by atoms with van der Waals surface area (Å²) in [5.74, 6) is 0.0783. The zero-order chi connectivity index (χ0) is 16.7. The van der Waals surface area contributed by atoms with Crippen LogP contribution < -0.4 is 16.4 Å². The number of rotatable bonds is 3. The van der Waals surface area contributed by atoms with Crippen molar-refractivity contribution in [1.82, 2.24) is 5.32 Å². The van der Waals surface area contributed by atoms with Crippen molar-refractivity contribution in [3.63, 3.8) is 0 Å². The van der Waals surface area contributed by atoms with Gasteiger partial charge in [0.05, 0.1) is 11.0 Å². The van der Waals surface area contributed by atoms with E-state index < -0.39 is 17.2 Å². The molecule has 7 heteroatoms. The Balaban J connectivity index is 1.86. The van der Waals surface area contributed by atoms with Gasteiger partial charge in [0, 0.05) is 18.8 Å². The van der Waals surface area contributed by atoms with Gasteiger partial charge in [-0.3, -0.25) is 4.79 Å².